The molecule has 0 unspecified atom stereocenters. The number of pyridine rings is 1. The quantitative estimate of drug-likeness (QED) is 0.662. The summed E-state index contributed by atoms with van der Waals surface area (Å²) < 4.78 is 47.1. The number of rotatable bonds is 2. The second kappa shape index (κ2) is 6.82. The smallest absolute Gasteiger partial charge is 0.435 e. The van der Waals surface area contributed by atoms with Gasteiger partial charge in [-0.1, -0.05) is 29.8 Å². The first-order chi connectivity index (χ1) is 13.3. The summed E-state index contributed by atoms with van der Waals surface area (Å²) >= 11 is 6.15. The number of ether oxygens (including phenoxy) is 1. The van der Waals surface area contributed by atoms with E-state index in [4.69, 9.17) is 16.3 Å². The lowest BCUT2D eigenvalue weighted by molar-refractivity contribution is -0.140. The third-order valence-corrected chi connectivity index (χ3v) is 5.11. The van der Waals surface area contributed by atoms with Crippen LogP contribution in [0.15, 0.2) is 29.1 Å². The van der Waals surface area contributed by atoms with E-state index >= 15 is 0 Å². The van der Waals surface area contributed by atoms with Gasteiger partial charge < -0.3 is 14.8 Å². The maximum absolute atomic E-state index is 13.5. The van der Waals surface area contributed by atoms with Crippen LogP contribution in [0.4, 0.5) is 13.2 Å². The summed E-state index contributed by atoms with van der Waals surface area (Å²) in [5.74, 6) is -0.836. The van der Waals surface area contributed by atoms with E-state index in [1.165, 1.54) is 4.68 Å². The molecule has 0 aliphatic carbocycles. The summed E-state index contributed by atoms with van der Waals surface area (Å²) in [7, 11) is 0. The Hall–Kier alpha value is -2.52. The molecule has 0 amide bonds. The Morgan fingerprint density at radius 3 is 2.57 bits per heavy atom. The van der Waals surface area contributed by atoms with Crippen LogP contribution in [0, 0.1) is 0 Å². The predicted octanol–water partition coefficient (Wildman–Crippen LogP) is 4.12. The van der Waals surface area contributed by atoms with Crippen molar-refractivity contribution in [1.82, 2.24) is 14.8 Å². The molecule has 3 aromatic rings. The number of nitrogens with one attached hydrogen (secondary N) is 1. The second-order valence-corrected chi connectivity index (χ2v) is 6.92. The molecule has 2 aromatic heterocycles. The fourth-order valence-corrected chi connectivity index (χ4v) is 3.66. The molecule has 1 saturated heterocycles. The van der Waals surface area contributed by atoms with Gasteiger partial charge in [0.15, 0.2) is 11.4 Å². The summed E-state index contributed by atoms with van der Waals surface area (Å²) in [5, 5.41) is 13.6. The number of hydrogen-bond donors (Lipinski definition) is 2. The van der Waals surface area contributed by atoms with Gasteiger partial charge in [-0.2, -0.15) is 18.3 Å². The van der Waals surface area contributed by atoms with Crippen LogP contribution in [0.5, 0.6) is 5.75 Å². The van der Waals surface area contributed by atoms with Crippen molar-refractivity contribution in [2.75, 3.05) is 13.2 Å². The first-order valence-corrected chi connectivity index (χ1v) is 8.94. The summed E-state index contributed by atoms with van der Waals surface area (Å²) in [6.45, 7) is 0.764. The summed E-state index contributed by atoms with van der Waals surface area (Å²) in [6, 6.07) is 6.04. The number of alkyl halides is 3. The molecule has 28 heavy (non-hydrogen) atoms. The molecule has 1 aliphatic rings. The molecule has 0 spiro atoms. The number of H-pyrrole nitrogens is 1. The van der Waals surface area contributed by atoms with E-state index in [0.717, 1.165) is 0 Å². The molecular formula is C18H15ClF3N3O3. The molecule has 6 nitrogen and oxygen atoms in total. The number of aromatic hydroxyl groups is 1. The molecule has 1 fully saturated rings. The minimum absolute atomic E-state index is 0.0509. The first-order valence-electron chi connectivity index (χ1n) is 8.56. The summed E-state index contributed by atoms with van der Waals surface area (Å²) in [6.07, 6.45) is -3.93. The molecule has 148 valence electrons. The fraction of sp³-hybridized carbons (Fsp3) is 0.333. The molecule has 1 aromatic carbocycles. The van der Waals surface area contributed by atoms with Crippen LogP contribution in [0.2, 0.25) is 5.02 Å². The van der Waals surface area contributed by atoms with Gasteiger partial charge in [0.1, 0.15) is 11.0 Å². The molecule has 10 heteroatoms. The predicted molar refractivity (Wildman–Crippen MR) is 96.6 cm³/mol. The maximum Gasteiger partial charge on any atom is 0.435 e. The fourth-order valence-electron chi connectivity index (χ4n) is 3.43. The summed E-state index contributed by atoms with van der Waals surface area (Å²) in [4.78, 5) is 15.5. The highest BCUT2D eigenvalue weighted by Gasteiger charge is 2.40. The van der Waals surface area contributed by atoms with Crippen LogP contribution in [0.25, 0.3) is 22.3 Å². The molecule has 0 atom stereocenters. The lowest BCUT2D eigenvalue weighted by atomic mass is 10.1. The highest BCUT2D eigenvalue weighted by atomic mass is 35.5. The maximum atomic E-state index is 13.5. The van der Waals surface area contributed by atoms with E-state index in [1.807, 2.05) is 0 Å². The minimum atomic E-state index is -4.85. The SMILES string of the molecule is O=c1c(O)c(-c2ccccc2Cl)[nH]c2c1c(C(F)(F)F)nn2C1CCOCC1. The van der Waals surface area contributed by atoms with Crippen LogP contribution < -0.4 is 5.43 Å². The van der Waals surface area contributed by atoms with E-state index in [1.54, 1.807) is 24.3 Å². The number of benzene rings is 1. The Kier molecular flexibility index (Phi) is 4.59. The Morgan fingerprint density at radius 1 is 1.25 bits per heavy atom. The van der Waals surface area contributed by atoms with Crippen molar-refractivity contribution in [1.29, 1.82) is 0 Å². The number of nitrogens with zero attached hydrogens (tertiary/aromatic N) is 2. The normalized spacial score (nSPS) is 16.0. The molecule has 2 N–H and O–H groups in total. The molecule has 3 heterocycles. The summed E-state index contributed by atoms with van der Waals surface area (Å²) in [5.41, 5.74) is -2.32. The Bertz CT molecular complexity index is 1100. The second-order valence-electron chi connectivity index (χ2n) is 6.52. The zero-order valence-electron chi connectivity index (χ0n) is 14.4. The van der Waals surface area contributed by atoms with Gasteiger partial charge >= 0.3 is 6.18 Å². The van der Waals surface area contributed by atoms with Gasteiger partial charge in [-0.05, 0) is 18.9 Å². The highest BCUT2D eigenvalue weighted by molar-refractivity contribution is 6.33. The zero-order chi connectivity index (χ0) is 20.1. The van der Waals surface area contributed by atoms with Crippen LogP contribution in [-0.4, -0.2) is 33.1 Å². The van der Waals surface area contributed by atoms with Crippen molar-refractivity contribution < 1.29 is 23.0 Å². The monoisotopic (exact) mass is 413 g/mol. The van der Waals surface area contributed by atoms with Gasteiger partial charge in [0.05, 0.1) is 16.8 Å². The Labute approximate surface area is 161 Å². The minimum Gasteiger partial charge on any atom is -0.503 e. The van der Waals surface area contributed by atoms with Crippen molar-refractivity contribution in [3.63, 3.8) is 0 Å². The topological polar surface area (TPSA) is 80.1 Å². The zero-order valence-corrected chi connectivity index (χ0v) is 15.1. The third kappa shape index (κ3) is 3.04. The van der Waals surface area contributed by atoms with Crippen molar-refractivity contribution in [3.8, 4) is 17.0 Å². The first kappa shape index (κ1) is 18.8. The number of aromatic nitrogens is 3. The van der Waals surface area contributed by atoms with Gasteiger partial charge in [0.2, 0.25) is 5.43 Å². The largest absolute Gasteiger partial charge is 0.503 e. The lowest BCUT2D eigenvalue weighted by Gasteiger charge is -2.23. The number of fused-ring (bicyclic) bond motifs is 1. The van der Waals surface area contributed by atoms with Crippen molar-refractivity contribution in [3.05, 3.63) is 45.2 Å². The van der Waals surface area contributed by atoms with Crippen LogP contribution in [0.1, 0.15) is 24.6 Å². The van der Waals surface area contributed by atoms with Crippen molar-refractivity contribution in [2.45, 2.75) is 25.1 Å². The lowest BCUT2D eigenvalue weighted by Crippen LogP contribution is -2.21. The van der Waals surface area contributed by atoms with Crippen molar-refractivity contribution >= 4 is 22.6 Å². The van der Waals surface area contributed by atoms with Gasteiger partial charge in [-0.3, -0.25) is 4.79 Å². The van der Waals surface area contributed by atoms with Crippen molar-refractivity contribution in [2.24, 2.45) is 0 Å². The van der Waals surface area contributed by atoms with E-state index in [9.17, 15) is 23.1 Å². The third-order valence-electron chi connectivity index (χ3n) is 4.78. The van der Waals surface area contributed by atoms with Crippen LogP contribution in [-0.2, 0) is 10.9 Å². The molecule has 0 radical (unpaired) electrons. The number of halogens is 4. The standard InChI is InChI=1S/C18H15ClF3N3O3/c19-11-4-2-1-3-10(11)13-15(27)14(26)12-16(18(20,21)22)24-25(17(12)23-13)9-5-7-28-8-6-9/h1-4,9,27H,5-8H2,(H,23,26). The highest BCUT2D eigenvalue weighted by Crippen LogP contribution is 2.38. The van der Waals surface area contributed by atoms with Gasteiger partial charge in [-0.15, -0.1) is 0 Å². The van der Waals surface area contributed by atoms with Gasteiger partial charge in [0, 0.05) is 18.8 Å². The Balaban J connectivity index is 2.05. The molecule has 1 aliphatic heterocycles. The molecule has 0 bridgehead atoms. The number of aromatic amines is 1. The van der Waals surface area contributed by atoms with E-state index in [-0.39, 0.29) is 22.4 Å². The van der Waals surface area contributed by atoms with Crippen LogP contribution >= 0.6 is 11.6 Å². The van der Waals surface area contributed by atoms with Gasteiger partial charge in [-0.25, -0.2) is 4.68 Å². The van der Waals surface area contributed by atoms with E-state index in [2.05, 4.69) is 10.1 Å². The molecular weight excluding hydrogens is 399 g/mol. The van der Waals surface area contributed by atoms with Gasteiger partial charge in [0.25, 0.3) is 0 Å². The average molecular weight is 414 g/mol. The van der Waals surface area contributed by atoms with Crippen LogP contribution in [0.3, 0.4) is 0 Å². The number of hydrogen-bond acceptors (Lipinski definition) is 4. The van der Waals surface area contributed by atoms with E-state index < -0.39 is 28.4 Å². The molecule has 0 saturated carbocycles. The average Bonchev–Trinajstić information content (AvgIpc) is 3.06. The Morgan fingerprint density at radius 2 is 1.93 bits per heavy atom. The molecule has 4 rings (SSSR count). The van der Waals surface area contributed by atoms with E-state index in [0.29, 0.717) is 31.6 Å².